The van der Waals surface area contributed by atoms with E-state index in [1.807, 2.05) is 0 Å². The highest BCUT2D eigenvalue weighted by molar-refractivity contribution is 9.10. The Balaban J connectivity index is 2.34. The molecule has 1 unspecified atom stereocenters. The minimum absolute atomic E-state index is 0.128. The van der Waals surface area contributed by atoms with Gasteiger partial charge in [-0.1, -0.05) is 19.8 Å². The maximum Gasteiger partial charge on any atom is 0.243 e. The summed E-state index contributed by atoms with van der Waals surface area (Å²) in [5, 5.41) is 0. The molecule has 1 atom stereocenters. The maximum atomic E-state index is 12.8. The highest BCUT2D eigenvalue weighted by Gasteiger charge is 2.33. The van der Waals surface area contributed by atoms with Crippen LogP contribution in [-0.4, -0.2) is 25.3 Å². The highest BCUT2D eigenvalue weighted by atomic mass is 79.9. The van der Waals surface area contributed by atoms with E-state index in [1.165, 1.54) is 6.07 Å². The molecule has 2 N–H and O–H groups in total. The van der Waals surface area contributed by atoms with Crippen molar-refractivity contribution in [2.24, 2.45) is 0 Å². The molecule has 1 aromatic rings. The Kier molecular flexibility index (Phi) is 5.09. The second kappa shape index (κ2) is 6.45. The van der Waals surface area contributed by atoms with Gasteiger partial charge in [0.25, 0.3) is 0 Å². The molecule has 0 spiro atoms. The van der Waals surface area contributed by atoms with Gasteiger partial charge in [-0.25, -0.2) is 8.42 Å². The summed E-state index contributed by atoms with van der Waals surface area (Å²) in [4.78, 5) is 0.293. The van der Waals surface area contributed by atoms with Crippen LogP contribution in [0.3, 0.4) is 0 Å². The maximum absolute atomic E-state index is 12.8. The van der Waals surface area contributed by atoms with Gasteiger partial charge in [-0.15, -0.1) is 0 Å². The Labute approximate surface area is 129 Å². The van der Waals surface area contributed by atoms with E-state index >= 15 is 0 Å². The number of nitrogen functional groups attached to an aromatic ring is 1. The van der Waals surface area contributed by atoms with Crippen LogP contribution in [-0.2, 0) is 10.0 Å². The zero-order valence-electron chi connectivity index (χ0n) is 11.7. The molecule has 0 amide bonds. The van der Waals surface area contributed by atoms with Gasteiger partial charge in [-0.05, 0) is 53.4 Å². The van der Waals surface area contributed by atoms with Gasteiger partial charge >= 0.3 is 0 Å². The predicted molar refractivity (Wildman–Crippen MR) is 85.0 cm³/mol. The van der Waals surface area contributed by atoms with Gasteiger partial charge in [0.2, 0.25) is 10.0 Å². The lowest BCUT2D eigenvalue weighted by Gasteiger charge is -2.34. The largest absolute Gasteiger partial charge is 0.398 e. The fraction of sp³-hybridized carbons (Fsp3) is 0.571. The van der Waals surface area contributed by atoms with Gasteiger partial charge in [0.05, 0.1) is 4.90 Å². The number of hydrogen-bond donors (Lipinski definition) is 1. The number of nitrogens with zero attached hydrogens (tertiary/aromatic N) is 1. The molecule has 1 aliphatic rings. The molecule has 0 aromatic heterocycles. The Morgan fingerprint density at radius 2 is 2.15 bits per heavy atom. The molecule has 0 aliphatic carbocycles. The zero-order valence-corrected chi connectivity index (χ0v) is 14.1. The molecule has 1 heterocycles. The predicted octanol–water partition coefficient (Wildman–Crippen LogP) is 3.37. The summed E-state index contributed by atoms with van der Waals surface area (Å²) in [6, 6.07) is 4.98. The number of benzene rings is 1. The van der Waals surface area contributed by atoms with E-state index in [9.17, 15) is 8.42 Å². The van der Waals surface area contributed by atoms with E-state index in [1.54, 1.807) is 16.4 Å². The van der Waals surface area contributed by atoms with Gasteiger partial charge < -0.3 is 5.73 Å². The van der Waals surface area contributed by atoms with Crippen molar-refractivity contribution in [3.63, 3.8) is 0 Å². The summed E-state index contributed by atoms with van der Waals surface area (Å²) in [5.74, 6) is 0. The van der Waals surface area contributed by atoms with Gasteiger partial charge in [0, 0.05) is 22.7 Å². The van der Waals surface area contributed by atoms with Gasteiger partial charge in [0.1, 0.15) is 0 Å². The van der Waals surface area contributed by atoms with Crippen molar-refractivity contribution in [3.8, 4) is 0 Å². The van der Waals surface area contributed by atoms with E-state index in [2.05, 4.69) is 22.9 Å². The van der Waals surface area contributed by atoms with Crippen LogP contribution >= 0.6 is 15.9 Å². The minimum atomic E-state index is -3.44. The summed E-state index contributed by atoms with van der Waals surface area (Å²) in [5.41, 5.74) is 6.26. The SMILES string of the molecule is CCCC1CCCCN1S(=O)(=O)c1ccc(Br)c(N)c1. The Bertz CT molecular complexity index is 573. The summed E-state index contributed by atoms with van der Waals surface area (Å²) in [6.45, 7) is 2.71. The molecule has 0 saturated carbocycles. The van der Waals surface area contributed by atoms with Crippen molar-refractivity contribution in [3.05, 3.63) is 22.7 Å². The van der Waals surface area contributed by atoms with Crippen LogP contribution in [0.4, 0.5) is 5.69 Å². The number of sulfonamides is 1. The number of anilines is 1. The third kappa shape index (κ3) is 3.18. The number of nitrogens with two attached hydrogens (primary N) is 1. The van der Waals surface area contributed by atoms with Crippen LogP contribution in [0.2, 0.25) is 0 Å². The number of piperidine rings is 1. The minimum Gasteiger partial charge on any atom is -0.398 e. The molecular weight excluding hydrogens is 340 g/mol. The Morgan fingerprint density at radius 1 is 1.40 bits per heavy atom. The average Bonchev–Trinajstić information content (AvgIpc) is 2.42. The molecule has 0 bridgehead atoms. The van der Waals surface area contributed by atoms with Crippen LogP contribution in [0.25, 0.3) is 0 Å². The van der Waals surface area contributed by atoms with E-state index in [0.29, 0.717) is 17.1 Å². The van der Waals surface area contributed by atoms with Crippen LogP contribution in [0.15, 0.2) is 27.6 Å². The van der Waals surface area contributed by atoms with Gasteiger partial charge in [0.15, 0.2) is 0 Å². The molecule has 112 valence electrons. The van der Waals surface area contributed by atoms with Crippen molar-refractivity contribution < 1.29 is 8.42 Å². The van der Waals surface area contributed by atoms with Crippen molar-refractivity contribution >= 4 is 31.6 Å². The summed E-state index contributed by atoms with van der Waals surface area (Å²) in [6.07, 6.45) is 4.92. The molecular formula is C14H21BrN2O2S. The second-order valence-corrected chi connectivity index (χ2v) is 7.98. The molecule has 1 fully saturated rings. The van der Waals surface area contributed by atoms with E-state index in [-0.39, 0.29) is 6.04 Å². The van der Waals surface area contributed by atoms with Gasteiger partial charge in [-0.3, -0.25) is 0 Å². The molecule has 0 radical (unpaired) electrons. The second-order valence-electron chi connectivity index (χ2n) is 5.24. The fourth-order valence-electron chi connectivity index (χ4n) is 2.73. The Morgan fingerprint density at radius 3 is 2.80 bits per heavy atom. The van der Waals surface area contributed by atoms with Gasteiger partial charge in [-0.2, -0.15) is 4.31 Å². The van der Waals surface area contributed by atoms with Crippen LogP contribution < -0.4 is 5.73 Å². The monoisotopic (exact) mass is 360 g/mol. The molecule has 6 heteroatoms. The van der Waals surface area contributed by atoms with E-state index in [4.69, 9.17) is 5.73 Å². The molecule has 1 aliphatic heterocycles. The van der Waals surface area contributed by atoms with Crippen molar-refractivity contribution in [1.82, 2.24) is 4.31 Å². The fourth-order valence-corrected chi connectivity index (χ4v) is 4.74. The molecule has 1 saturated heterocycles. The van der Waals surface area contributed by atoms with Crippen molar-refractivity contribution in [1.29, 1.82) is 0 Å². The van der Waals surface area contributed by atoms with Crippen molar-refractivity contribution in [2.45, 2.75) is 50.0 Å². The van der Waals surface area contributed by atoms with Crippen LogP contribution in [0.1, 0.15) is 39.0 Å². The first-order valence-electron chi connectivity index (χ1n) is 7.03. The summed E-state index contributed by atoms with van der Waals surface area (Å²) < 4.78 is 28.0. The molecule has 20 heavy (non-hydrogen) atoms. The molecule has 1 aromatic carbocycles. The number of hydrogen-bond acceptors (Lipinski definition) is 3. The normalized spacial score (nSPS) is 21.0. The molecule has 4 nitrogen and oxygen atoms in total. The first-order valence-corrected chi connectivity index (χ1v) is 9.27. The Hall–Kier alpha value is -0.590. The lowest BCUT2D eigenvalue weighted by Crippen LogP contribution is -2.43. The topological polar surface area (TPSA) is 63.4 Å². The summed E-state index contributed by atoms with van der Waals surface area (Å²) in [7, 11) is -3.44. The standard InChI is InChI=1S/C14H21BrN2O2S/c1-2-5-11-6-3-4-9-17(11)20(18,19)12-7-8-13(15)14(16)10-12/h7-8,10-11H,2-6,9,16H2,1H3. The van der Waals surface area contributed by atoms with E-state index in [0.717, 1.165) is 36.6 Å². The van der Waals surface area contributed by atoms with Crippen molar-refractivity contribution in [2.75, 3.05) is 12.3 Å². The number of rotatable bonds is 4. The highest BCUT2D eigenvalue weighted by Crippen LogP contribution is 2.30. The first kappa shape index (κ1) is 15.8. The number of halogens is 1. The first-order chi connectivity index (χ1) is 9.46. The third-order valence-corrected chi connectivity index (χ3v) is 6.44. The zero-order chi connectivity index (χ0) is 14.8. The third-order valence-electron chi connectivity index (χ3n) is 3.77. The quantitative estimate of drug-likeness (QED) is 0.837. The van der Waals surface area contributed by atoms with E-state index < -0.39 is 10.0 Å². The average molecular weight is 361 g/mol. The van der Waals surface area contributed by atoms with Crippen LogP contribution in [0.5, 0.6) is 0 Å². The lowest BCUT2D eigenvalue weighted by molar-refractivity contribution is 0.239. The lowest BCUT2D eigenvalue weighted by atomic mass is 10.0. The smallest absolute Gasteiger partial charge is 0.243 e. The van der Waals surface area contributed by atoms with Crippen LogP contribution in [0, 0.1) is 0 Å². The summed E-state index contributed by atoms with van der Waals surface area (Å²) >= 11 is 3.30. The molecule has 2 rings (SSSR count).